The average Bonchev–Trinajstić information content (AvgIpc) is 2.93. The average molecular weight is 242 g/mol. The number of fused-ring (bicyclic) bond motifs is 2. The van der Waals surface area contributed by atoms with Crippen LogP contribution in [0.5, 0.6) is 0 Å². The summed E-state index contributed by atoms with van der Waals surface area (Å²) < 4.78 is 16.4. The fourth-order valence-corrected chi connectivity index (χ4v) is 4.98. The third-order valence-electron chi connectivity index (χ3n) is 4.17. The minimum Gasteiger partial charge on any atom is -0.377 e. The summed E-state index contributed by atoms with van der Waals surface area (Å²) >= 11 is 0. The molecule has 2 aliphatic rings. The Morgan fingerprint density at radius 1 is 1.06 bits per heavy atom. The van der Waals surface area contributed by atoms with Crippen LogP contribution in [0.25, 0.3) is 0 Å². The fourth-order valence-electron chi connectivity index (χ4n) is 3.14. The summed E-state index contributed by atoms with van der Waals surface area (Å²) in [6.07, 6.45) is 8.67. The van der Waals surface area contributed by atoms with Gasteiger partial charge in [0.2, 0.25) is 0 Å². The van der Waals surface area contributed by atoms with Crippen molar-refractivity contribution >= 4 is 8.80 Å². The molecule has 2 rings (SSSR count). The molecule has 2 aliphatic carbocycles. The Balaban J connectivity index is 1.84. The first-order valence-corrected chi connectivity index (χ1v) is 8.00. The van der Waals surface area contributed by atoms with Crippen molar-refractivity contribution < 1.29 is 13.3 Å². The topological polar surface area (TPSA) is 27.7 Å². The lowest BCUT2D eigenvalue weighted by Gasteiger charge is -2.27. The third-order valence-corrected chi connectivity index (χ3v) is 6.94. The molecule has 0 unspecified atom stereocenters. The van der Waals surface area contributed by atoms with Crippen LogP contribution in [0, 0.1) is 17.8 Å². The van der Waals surface area contributed by atoms with Crippen LogP contribution in [-0.2, 0) is 13.3 Å². The van der Waals surface area contributed by atoms with Crippen LogP contribution in [0.3, 0.4) is 0 Å². The van der Waals surface area contributed by atoms with Crippen molar-refractivity contribution in [1.82, 2.24) is 0 Å². The molecule has 0 spiro atoms. The maximum atomic E-state index is 5.45. The van der Waals surface area contributed by atoms with E-state index in [0.29, 0.717) is 0 Å². The summed E-state index contributed by atoms with van der Waals surface area (Å²) in [4.78, 5) is 0. The van der Waals surface area contributed by atoms with Crippen molar-refractivity contribution in [3.8, 4) is 0 Å². The molecule has 3 nitrogen and oxygen atoms in total. The van der Waals surface area contributed by atoms with Gasteiger partial charge in [-0.15, -0.1) is 0 Å². The molecule has 0 amide bonds. The molecular formula is C12H22O3Si. The molecule has 0 heterocycles. The molecule has 0 N–H and O–H groups in total. The van der Waals surface area contributed by atoms with Gasteiger partial charge in [-0.3, -0.25) is 0 Å². The highest BCUT2D eigenvalue weighted by molar-refractivity contribution is 6.60. The van der Waals surface area contributed by atoms with E-state index in [2.05, 4.69) is 12.2 Å². The van der Waals surface area contributed by atoms with Crippen LogP contribution in [0.2, 0.25) is 6.04 Å². The Morgan fingerprint density at radius 2 is 1.75 bits per heavy atom. The molecule has 1 saturated carbocycles. The predicted octanol–water partition coefficient (Wildman–Crippen LogP) is 2.47. The number of hydrogen-bond acceptors (Lipinski definition) is 3. The van der Waals surface area contributed by atoms with Crippen molar-refractivity contribution in [2.45, 2.75) is 25.3 Å². The SMILES string of the molecule is CO[Si](CC[C@@H]1C[C@@H]2C=C[C@H]1C2)(OC)OC. The number of allylic oxidation sites excluding steroid dienone is 2. The molecule has 0 aromatic heterocycles. The first kappa shape index (κ1) is 12.3. The van der Waals surface area contributed by atoms with Gasteiger partial charge < -0.3 is 13.3 Å². The van der Waals surface area contributed by atoms with Crippen molar-refractivity contribution in [3.05, 3.63) is 12.2 Å². The Bertz CT molecular complexity index is 255. The van der Waals surface area contributed by atoms with E-state index in [1.165, 1.54) is 19.3 Å². The standard InChI is InChI=1S/C12H22O3Si/c1-13-16(14-2,15-3)7-6-12-9-10-4-5-11(12)8-10/h4-5,10-12H,6-9H2,1-3H3/t10-,11+,12-/m1/s1. The molecule has 3 atom stereocenters. The molecular weight excluding hydrogens is 220 g/mol. The summed E-state index contributed by atoms with van der Waals surface area (Å²) in [5.41, 5.74) is 0. The summed E-state index contributed by atoms with van der Waals surface area (Å²) in [6, 6.07) is 0.943. The quantitative estimate of drug-likeness (QED) is 0.529. The van der Waals surface area contributed by atoms with E-state index < -0.39 is 8.80 Å². The first-order chi connectivity index (χ1) is 7.73. The molecule has 0 radical (unpaired) electrons. The number of rotatable bonds is 6. The maximum Gasteiger partial charge on any atom is 0.500 e. The fraction of sp³-hybridized carbons (Fsp3) is 0.833. The lowest BCUT2D eigenvalue weighted by atomic mass is 9.91. The van der Waals surface area contributed by atoms with E-state index in [1.54, 1.807) is 21.3 Å². The summed E-state index contributed by atoms with van der Waals surface area (Å²) in [6.45, 7) is 0. The second-order valence-corrected chi connectivity index (χ2v) is 7.97. The van der Waals surface area contributed by atoms with Crippen molar-refractivity contribution in [2.75, 3.05) is 21.3 Å². The van der Waals surface area contributed by atoms with Crippen LogP contribution in [0.15, 0.2) is 12.2 Å². The Kier molecular flexibility index (Phi) is 3.84. The summed E-state index contributed by atoms with van der Waals surface area (Å²) in [5, 5.41) is 0. The molecule has 92 valence electrons. The van der Waals surface area contributed by atoms with E-state index in [-0.39, 0.29) is 0 Å². The zero-order valence-electron chi connectivity index (χ0n) is 10.4. The molecule has 16 heavy (non-hydrogen) atoms. The van der Waals surface area contributed by atoms with E-state index in [1.807, 2.05) is 0 Å². The van der Waals surface area contributed by atoms with Crippen molar-refractivity contribution in [3.63, 3.8) is 0 Å². The lowest BCUT2D eigenvalue weighted by Crippen LogP contribution is -2.43. The van der Waals surface area contributed by atoms with E-state index in [9.17, 15) is 0 Å². The molecule has 0 aliphatic heterocycles. The van der Waals surface area contributed by atoms with Gasteiger partial charge in [0.05, 0.1) is 0 Å². The van der Waals surface area contributed by atoms with Gasteiger partial charge in [0.25, 0.3) is 0 Å². The lowest BCUT2D eigenvalue weighted by molar-refractivity contribution is 0.120. The molecule has 0 aromatic rings. The number of hydrogen-bond donors (Lipinski definition) is 0. The van der Waals surface area contributed by atoms with Crippen LogP contribution in [0.4, 0.5) is 0 Å². The van der Waals surface area contributed by atoms with Gasteiger partial charge in [-0.25, -0.2) is 0 Å². The second kappa shape index (κ2) is 5.00. The smallest absolute Gasteiger partial charge is 0.377 e. The normalized spacial score (nSPS) is 32.6. The highest BCUT2D eigenvalue weighted by Gasteiger charge is 2.41. The summed E-state index contributed by atoms with van der Waals surface area (Å²) in [7, 11) is 2.75. The van der Waals surface area contributed by atoms with Crippen LogP contribution in [0.1, 0.15) is 19.3 Å². The molecule has 1 fully saturated rings. The van der Waals surface area contributed by atoms with Gasteiger partial charge >= 0.3 is 8.80 Å². The van der Waals surface area contributed by atoms with Gasteiger partial charge in [-0.05, 0) is 37.0 Å². The molecule has 4 heteroatoms. The Labute approximate surface area is 99.1 Å². The molecule has 2 bridgehead atoms. The van der Waals surface area contributed by atoms with Crippen molar-refractivity contribution in [1.29, 1.82) is 0 Å². The van der Waals surface area contributed by atoms with Crippen LogP contribution >= 0.6 is 0 Å². The van der Waals surface area contributed by atoms with Gasteiger partial charge in [-0.2, -0.15) is 0 Å². The highest BCUT2D eigenvalue weighted by atomic mass is 28.4. The molecule has 0 aromatic carbocycles. The highest BCUT2D eigenvalue weighted by Crippen LogP contribution is 2.46. The van der Waals surface area contributed by atoms with Gasteiger partial charge in [0.15, 0.2) is 0 Å². The zero-order valence-corrected chi connectivity index (χ0v) is 11.4. The van der Waals surface area contributed by atoms with E-state index >= 15 is 0 Å². The Hall–Kier alpha value is -0.163. The summed E-state index contributed by atoms with van der Waals surface area (Å²) in [5.74, 6) is 2.48. The largest absolute Gasteiger partial charge is 0.500 e. The van der Waals surface area contributed by atoms with Gasteiger partial charge in [0, 0.05) is 27.4 Å². The molecule has 0 saturated heterocycles. The van der Waals surface area contributed by atoms with Crippen LogP contribution < -0.4 is 0 Å². The Morgan fingerprint density at radius 3 is 2.19 bits per heavy atom. The maximum absolute atomic E-state index is 5.45. The van der Waals surface area contributed by atoms with Gasteiger partial charge in [0.1, 0.15) is 0 Å². The van der Waals surface area contributed by atoms with Crippen molar-refractivity contribution in [2.24, 2.45) is 17.8 Å². The predicted molar refractivity (Wildman–Crippen MR) is 65.0 cm³/mol. The van der Waals surface area contributed by atoms with E-state index in [4.69, 9.17) is 13.3 Å². The monoisotopic (exact) mass is 242 g/mol. The zero-order chi connectivity index (χ0) is 11.6. The van der Waals surface area contributed by atoms with E-state index in [0.717, 1.165) is 23.8 Å². The second-order valence-electron chi connectivity index (χ2n) is 4.87. The van der Waals surface area contributed by atoms with Crippen LogP contribution in [-0.4, -0.2) is 30.1 Å². The minimum absolute atomic E-state index is 0.808. The third kappa shape index (κ3) is 2.25. The minimum atomic E-state index is -2.34. The van der Waals surface area contributed by atoms with Gasteiger partial charge in [-0.1, -0.05) is 12.2 Å². The first-order valence-electron chi connectivity index (χ1n) is 6.07.